The van der Waals surface area contributed by atoms with Crippen LogP contribution in [0.4, 0.5) is 5.82 Å². The lowest BCUT2D eigenvalue weighted by atomic mass is 10.2. The number of carbonyl (C=O) groups is 2. The summed E-state index contributed by atoms with van der Waals surface area (Å²) in [6, 6.07) is 3.32. The van der Waals surface area contributed by atoms with Crippen LogP contribution in [0.1, 0.15) is 18.9 Å². The lowest BCUT2D eigenvalue weighted by Gasteiger charge is -2.03. The van der Waals surface area contributed by atoms with Gasteiger partial charge in [0.2, 0.25) is 5.91 Å². The molecule has 0 aliphatic heterocycles. The molecule has 1 aromatic heterocycles. The summed E-state index contributed by atoms with van der Waals surface area (Å²) in [5.74, 6) is -0.0460. The van der Waals surface area contributed by atoms with Crippen molar-refractivity contribution in [1.82, 2.24) is 4.98 Å². The summed E-state index contributed by atoms with van der Waals surface area (Å²) in [4.78, 5) is 26.1. The largest absolute Gasteiger partial charge is 0.478 e. The average Bonchev–Trinajstić information content (AvgIpc) is 3.04. The van der Waals surface area contributed by atoms with E-state index in [4.69, 9.17) is 5.11 Å². The minimum atomic E-state index is -1.01. The predicted octanol–water partition coefficient (Wildman–Crippen LogP) is 1.77. The summed E-state index contributed by atoms with van der Waals surface area (Å²) in [6.07, 6.45) is 4.96. The Morgan fingerprint density at radius 2 is 2.28 bits per heavy atom. The highest BCUT2D eigenvalue weighted by molar-refractivity contribution is 5.94. The van der Waals surface area contributed by atoms with Crippen molar-refractivity contribution in [1.29, 1.82) is 0 Å². The van der Waals surface area contributed by atoms with Gasteiger partial charge in [0.25, 0.3) is 0 Å². The first kappa shape index (κ1) is 12.3. The second kappa shape index (κ2) is 5.00. The summed E-state index contributed by atoms with van der Waals surface area (Å²) in [6.45, 7) is 2.03. The van der Waals surface area contributed by atoms with Gasteiger partial charge in [0.05, 0.1) is 0 Å². The highest BCUT2D eigenvalue weighted by Gasteiger charge is 2.39. The van der Waals surface area contributed by atoms with Crippen molar-refractivity contribution in [3.63, 3.8) is 0 Å². The number of pyridine rings is 1. The SMILES string of the molecule is CC1CC1C(=O)Nc1cc(/C=C/C(=O)O)ccn1. The number of carbonyl (C=O) groups excluding carboxylic acids is 1. The standard InChI is InChI=1S/C13H14N2O3/c1-8-6-10(8)13(18)15-11-7-9(4-5-14-11)2-3-12(16)17/h2-5,7-8,10H,6H2,1H3,(H,16,17)(H,14,15,18)/b3-2+. The minimum absolute atomic E-state index is 0.0191. The molecule has 5 heteroatoms. The number of hydrogen-bond acceptors (Lipinski definition) is 3. The average molecular weight is 246 g/mol. The number of anilines is 1. The van der Waals surface area contributed by atoms with Gasteiger partial charge < -0.3 is 10.4 Å². The summed E-state index contributed by atoms with van der Waals surface area (Å²) in [5, 5.41) is 11.3. The molecule has 1 aromatic rings. The molecule has 94 valence electrons. The first-order valence-electron chi connectivity index (χ1n) is 5.74. The van der Waals surface area contributed by atoms with E-state index in [1.165, 1.54) is 12.3 Å². The van der Waals surface area contributed by atoms with Crippen molar-refractivity contribution in [3.8, 4) is 0 Å². The maximum atomic E-state index is 11.7. The van der Waals surface area contributed by atoms with Gasteiger partial charge >= 0.3 is 5.97 Å². The third-order valence-electron chi connectivity index (χ3n) is 2.90. The number of amides is 1. The van der Waals surface area contributed by atoms with Gasteiger partial charge in [-0.2, -0.15) is 0 Å². The van der Waals surface area contributed by atoms with E-state index in [9.17, 15) is 9.59 Å². The van der Waals surface area contributed by atoms with Crippen molar-refractivity contribution in [3.05, 3.63) is 30.0 Å². The first-order chi connectivity index (χ1) is 8.56. The van der Waals surface area contributed by atoms with Crippen LogP contribution < -0.4 is 5.32 Å². The fraction of sp³-hybridized carbons (Fsp3) is 0.308. The van der Waals surface area contributed by atoms with Crippen LogP contribution in [0, 0.1) is 11.8 Å². The molecule has 2 atom stereocenters. The Kier molecular flexibility index (Phi) is 3.41. The monoisotopic (exact) mass is 246 g/mol. The molecule has 2 N–H and O–H groups in total. The third kappa shape index (κ3) is 3.16. The number of hydrogen-bond donors (Lipinski definition) is 2. The van der Waals surface area contributed by atoms with E-state index in [1.807, 2.05) is 6.92 Å². The molecule has 0 aromatic carbocycles. The molecule has 0 radical (unpaired) electrons. The number of rotatable bonds is 4. The van der Waals surface area contributed by atoms with Gasteiger partial charge in [-0.3, -0.25) is 4.79 Å². The summed E-state index contributed by atoms with van der Waals surface area (Å²) in [7, 11) is 0. The van der Waals surface area contributed by atoms with Crippen LogP contribution in [0.2, 0.25) is 0 Å². The third-order valence-corrected chi connectivity index (χ3v) is 2.90. The van der Waals surface area contributed by atoms with Gasteiger partial charge in [0.1, 0.15) is 5.82 Å². The topological polar surface area (TPSA) is 79.3 Å². The Hall–Kier alpha value is -2.17. The molecule has 18 heavy (non-hydrogen) atoms. The number of aromatic nitrogens is 1. The van der Waals surface area contributed by atoms with E-state index in [-0.39, 0.29) is 11.8 Å². The van der Waals surface area contributed by atoms with Crippen LogP contribution in [-0.4, -0.2) is 22.0 Å². The molecule has 0 bridgehead atoms. The number of nitrogens with zero attached hydrogens (tertiary/aromatic N) is 1. The van der Waals surface area contributed by atoms with Crippen molar-refractivity contribution in [2.45, 2.75) is 13.3 Å². The predicted molar refractivity (Wildman–Crippen MR) is 66.8 cm³/mol. The molecule has 0 spiro atoms. The zero-order chi connectivity index (χ0) is 13.1. The molecular weight excluding hydrogens is 232 g/mol. The maximum Gasteiger partial charge on any atom is 0.328 e. The van der Waals surface area contributed by atoms with E-state index >= 15 is 0 Å². The Bertz CT molecular complexity index is 511. The van der Waals surface area contributed by atoms with Crippen LogP contribution in [0.5, 0.6) is 0 Å². The van der Waals surface area contributed by atoms with Crippen LogP contribution in [0.3, 0.4) is 0 Å². The highest BCUT2D eigenvalue weighted by atomic mass is 16.4. The zero-order valence-electron chi connectivity index (χ0n) is 9.96. The number of aliphatic carboxylic acids is 1. The van der Waals surface area contributed by atoms with Crippen LogP contribution in [0.25, 0.3) is 6.08 Å². The summed E-state index contributed by atoms with van der Waals surface area (Å²) >= 11 is 0. The Morgan fingerprint density at radius 3 is 2.89 bits per heavy atom. The maximum absolute atomic E-state index is 11.7. The van der Waals surface area contributed by atoms with Crippen molar-refractivity contribution >= 4 is 23.8 Å². The van der Waals surface area contributed by atoms with Gasteiger partial charge in [-0.15, -0.1) is 0 Å². The quantitative estimate of drug-likeness (QED) is 0.793. The van der Waals surface area contributed by atoms with E-state index < -0.39 is 5.97 Å². The molecule has 1 aliphatic rings. The normalized spacial score (nSPS) is 21.8. The molecule has 1 heterocycles. The molecule has 1 fully saturated rings. The Labute approximate surface area is 105 Å². The van der Waals surface area contributed by atoms with Crippen LogP contribution in [-0.2, 0) is 9.59 Å². The summed E-state index contributed by atoms with van der Waals surface area (Å²) < 4.78 is 0. The Balaban J connectivity index is 2.03. The zero-order valence-corrected chi connectivity index (χ0v) is 9.96. The van der Waals surface area contributed by atoms with Gasteiger partial charge in [-0.1, -0.05) is 6.92 Å². The van der Waals surface area contributed by atoms with Crippen molar-refractivity contribution in [2.75, 3.05) is 5.32 Å². The molecule has 1 saturated carbocycles. The van der Waals surface area contributed by atoms with E-state index in [0.717, 1.165) is 12.5 Å². The molecule has 0 saturated heterocycles. The molecule has 1 aliphatic carbocycles. The number of nitrogens with one attached hydrogen (secondary N) is 1. The van der Waals surface area contributed by atoms with Gasteiger partial charge in [-0.25, -0.2) is 9.78 Å². The molecular formula is C13H14N2O3. The van der Waals surface area contributed by atoms with Crippen LogP contribution in [0.15, 0.2) is 24.4 Å². The summed E-state index contributed by atoms with van der Waals surface area (Å²) in [5.41, 5.74) is 0.687. The lowest BCUT2D eigenvalue weighted by Crippen LogP contribution is -2.15. The second-order valence-corrected chi connectivity index (χ2v) is 4.45. The van der Waals surface area contributed by atoms with E-state index in [2.05, 4.69) is 10.3 Å². The van der Waals surface area contributed by atoms with Gasteiger partial charge in [-0.05, 0) is 36.1 Å². The van der Waals surface area contributed by atoms with E-state index in [1.54, 1.807) is 12.1 Å². The smallest absolute Gasteiger partial charge is 0.328 e. The number of carboxylic acids is 1. The van der Waals surface area contributed by atoms with Crippen LogP contribution >= 0.6 is 0 Å². The number of carboxylic acid groups (broad SMARTS) is 1. The Morgan fingerprint density at radius 1 is 1.56 bits per heavy atom. The van der Waals surface area contributed by atoms with E-state index in [0.29, 0.717) is 17.3 Å². The molecule has 2 rings (SSSR count). The fourth-order valence-electron chi connectivity index (χ4n) is 1.69. The molecule has 1 amide bonds. The first-order valence-corrected chi connectivity index (χ1v) is 5.74. The minimum Gasteiger partial charge on any atom is -0.478 e. The molecule has 5 nitrogen and oxygen atoms in total. The fourth-order valence-corrected chi connectivity index (χ4v) is 1.69. The van der Waals surface area contributed by atoms with Gasteiger partial charge in [0.15, 0.2) is 0 Å². The lowest BCUT2D eigenvalue weighted by molar-refractivity contribution is -0.131. The van der Waals surface area contributed by atoms with Gasteiger partial charge in [0, 0.05) is 18.2 Å². The van der Waals surface area contributed by atoms with Crippen molar-refractivity contribution in [2.24, 2.45) is 11.8 Å². The van der Waals surface area contributed by atoms with Crippen molar-refractivity contribution < 1.29 is 14.7 Å². The molecule has 2 unspecified atom stereocenters. The highest BCUT2D eigenvalue weighted by Crippen LogP contribution is 2.38. The second-order valence-electron chi connectivity index (χ2n) is 4.45.